The minimum Gasteiger partial charge on any atom is -0.399 e. The van der Waals surface area contributed by atoms with Crippen LogP contribution in [0.15, 0.2) is 24.3 Å². The molecule has 4 heteroatoms. The van der Waals surface area contributed by atoms with Crippen LogP contribution in [0.4, 0.5) is 5.69 Å². The fourth-order valence-electron chi connectivity index (χ4n) is 1.58. The van der Waals surface area contributed by atoms with Gasteiger partial charge in [0.2, 0.25) is 5.91 Å². The standard InChI is InChI=1S/C14H22N2O2/c1-2-18-11-3-10-16-14(17)9-6-12-4-7-13(15)8-5-12/h4-5,7-8H,2-3,6,9-11,15H2,1H3,(H,16,17). The summed E-state index contributed by atoms with van der Waals surface area (Å²) in [5, 5.41) is 2.88. The Labute approximate surface area is 109 Å². The van der Waals surface area contributed by atoms with Crippen molar-refractivity contribution in [3.8, 4) is 0 Å². The highest BCUT2D eigenvalue weighted by Crippen LogP contribution is 2.07. The lowest BCUT2D eigenvalue weighted by Crippen LogP contribution is -2.25. The molecule has 1 rings (SSSR count). The first-order valence-electron chi connectivity index (χ1n) is 6.41. The molecule has 0 aliphatic rings. The predicted octanol–water partition coefficient (Wildman–Crippen LogP) is 1.74. The summed E-state index contributed by atoms with van der Waals surface area (Å²) in [6.45, 7) is 4.07. The summed E-state index contributed by atoms with van der Waals surface area (Å²) in [7, 11) is 0. The highest BCUT2D eigenvalue weighted by atomic mass is 16.5. The Hall–Kier alpha value is -1.55. The number of nitrogens with two attached hydrogens (primary N) is 1. The molecule has 0 unspecified atom stereocenters. The maximum atomic E-state index is 11.5. The summed E-state index contributed by atoms with van der Waals surface area (Å²) in [5.41, 5.74) is 7.48. The topological polar surface area (TPSA) is 64.3 Å². The van der Waals surface area contributed by atoms with Crippen molar-refractivity contribution in [3.63, 3.8) is 0 Å². The van der Waals surface area contributed by atoms with Gasteiger partial charge in [-0.3, -0.25) is 4.79 Å². The minimum atomic E-state index is 0.0864. The van der Waals surface area contributed by atoms with E-state index in [1.54, 1.807) is 0 Å². The van der Waals surface area contributed by atoms with Crippen LogP contribution in [0.2, 0.25) is 0 Å². The molecule has 0 atom stereocenters. The molecule has 0 aromatic heterocycles. The Bertz CT molecular complexity index is 349. The van der Waals surface area contributed by atoms with Crippen molar-refractivity contribution in [1.29, 1.82) is 0 Å². The highest BCUT2D eigenvalue weighted by molar-refractivity contribution is 5.76. The Morgan fingerprint density at radius 2 is 2.06 bits per heavy atom. The third-order valence-corrected chi connectivity index (χ3v) is 2.61. The average molecular weight is 250 g/mol. The van der Waals surface area contributed by atoms with Gasteiger partial charge in [0.15, 0.2) is 0 Å². The highest BCUT2D eigenvalue weighted by Gasteiger charge is 2.01. The molecule has 0 saturated carbocycles. The predicted molar refractivity (Wildman–Crippen MR) is 73.3 cm³/mol. The molecule has 0 fully saturated rings. The fraction of sp³-hybridized carbons (Fsp3) is 0.500. The van der Waals surface area contributed by atoms with Crippen LogP contribution >= 0.6 is 0 Å². The quantitative estimate of drug-likeness (QED) is 0.545. The second-order valence-corrected chi connectivity index (χ2v) is 4.14. The number of ether oxygens (including phenoxy) is 1. The molecule has 4 nitrogen and oxygen atoms in total. The first kappa shape index (κ1) is 14.5. The van der Waals surface area contributed by atoms with E-state index in [1.165, 1.54) is 0 Å². The third kappa shape index (κ3) is 6.25. The summed E-state index contributed by atoms with van der Waals surface area (Å²) in [5.74, 6) is 0.0864. The van der Waals surface area contributed by atoms with Gasteiger partial charge in [-0.15, -0.1) is 0 Å². The molecule has 0 saturated heterocycles. The molecule has 0 aliphatic carbocycles. The van der Waals surface area contributed by atoms with E-state index in [0.29, 0.717) is 19.6 Å². The van der Waals surface area contributed by atoms with E-state index in [4.69, 9.17) is 10.5 Å². The Kier molecular flexibility index (Phi) is 6.87. The summed E-state index contributed by atoms with van der Waals surface area (Å²) >= 11 is 0. The molecular formula is C14H22N2O2. The van der Waals surface area contributed by atoms with E-state index in [0.717, 1.165) is 30.7 Å². The monoisotopic (exact) mass is 250 g/mol. The maximum absolute atomic E-state index is 11.5. The Morgan fingerprint density at radius 1 is 1.33 bits per heavy atom. The number of aryl methyl sites for hydroxylation is 1. The SMILES string of the molecule is CCOCCCNC(=O)CCc1ccc(N)cc1. The smallest absolute Gasteiger partial charge is 0.220 e. The molecule has 1 aromatic rings. The van der Waals surface area contributed by atoms with Crippen LogP contribution < -0.4 is 11.1 Å². The normalized spacial score (nSPS) is 10.3. The zero-order valence-electron chi connectivity index (χ0n) is 10.9. The molecule has 1 amide bonds. The van der Waals surface area contributed by atoms with Gasteiger partial charge in [0.25, 0.3) is 0 Å². The molecule has 0 radical (unpaired) electrons. The average Bonchev–Trinajstić information content (AvgIpc) is 2.38. The van der Waals surface area contributed by atoms with Gasteiger partial charge in [-0.1, -0.05) is 12.1 Å². The van der Waals surface area contributed by atoms with Crippen LogP contribution in [0.25, 0.3) is 0 Å². The van der Waals surface area contributed by atoms with Gasteiger partial charge in [0, 0.05) is 31.9 Å². The number of anilines is 1. The van der Waals surface area contributed by atoms with Gasteiger partial charge in [-0.05, 0) is 37.5 Å². The third-order valence-electron chi connectivity index (χ3n) is 2.61. The summed E-state index contributed by atoms with van der Waals surface area (Å²) in [6, 6.07) is 7.63. The van der Waals surface area contributed by atoms with Gasteiger partial charge in [0.1, 0.15) is 0 Å². The molecular weight excluding hydrogens is 228 g/mol. The van der Waals surface area contributed by atoms with Crippen LogP contribution in [0, 0.1) is 0 Å². The minimum absolute atomic E-state index is 0.0864. The second-order valence-electron chi connectivity index (χ2n) is 4.14. The number of hydrogen-bond donors (Lipinski definition) is 2. The van der Waals surface area contributed by atoms with Crippen LogP contribution in [0.5, 0.6) is 0 Å². The van der Waals surface area contributed by atoms with E-state index in [2.05, 4.69) is 5.32 Å². The van der Waals surface area contributed by atoms with E-state index in [9.17, 15) is 4.79 Å². The van der Waals surface area contributed by atoms with Crippen molar-refractivity contribution in [2.24, 2.45) is 0 Å². The lowest BCUT2D eigenvalue weighted by molar-refractivity contribution is -0.121. The fourth-order valence-corrected chi connectivity index (χ4v) is 1.58. The van der Waals surface area contributed by atoms with Crippen molar-refractivity contribution in [2.75, 3.05) is 25.5 Å². The molecule has 0 spiro atoms. The second kappa shape index (κ2) is 8.53. The largest absolute Gasteiger partial charge is 0.399 e. The number of rotatable bonds is 8. The van der Waals surface area contributed by atoms with Crippen molar-refractivity contribution in [1.82, 2.24) is 5.32 Å². The van der Waals surface area contributed by atoms with E-state index < -0.39 is 0 Å². The summed E-state index contributed by atoms with van der Waals surface area (Å²) < 4.78 is 5.19. The molecule has 3 N–H and O–H groups in total. The van der Waals surface area contributed by atoms with Crippen molar-refractivity contribution in [2.45, 2.75) is 26.2 Å². The van der Waals surface area contributed by atoms with E-state index in [-0.39, 0.29) is 5.91 Å². The van der Waals surface area contributed by atoms with Gasteiger partial charge in [-0.2, -0.15) is 0 Å². The van der Waals surface area contributed by atoms with Crippen molar-refractivity contribution < 1.29 is 9.53 Å². The number of hydrogen-bond acceptors (Lipinski definition) is 3. The number of nitrogen functional groups attached to an aromatic ring is 1. The lowest BCUT2D eigenvalue weighted by atomic mass is 10.1. The number of nitrogens with one attached hydrogen (secondary N) is 1. The van der Waals surface area contributed by atoms with E-state index in [1.807, 2.05) is 31.2 Å². The maximum Gasteiger partial charge on any atom is 0.220 e. The number of carbonyl (C=O) groups excluding carboxylic acids is 1. The number of benzene rings is 1. The molecule has 18 heavy (non-hydrogen) atoms. The molecule has 0 bridgehead atoms. The summed E-state index contributed by atoms with van der Waals surface area (Å²) in [4.78, 5) is 11.5. The van der Waals surface area contributed by atoms with Gasteiger partial charge < -0.3 is 15.8 Å². The van der Waals surface area contributed by atoms with Crippen LogP contribution in [-0.2, 0) is 16.0 Å². The zero-order valence-corrected chi connectivity index (χ0v) is 10.9. The van der Waals surface area contributed by atoms with Gasteiger partial charge >= 0.3 is 0 Å². The zero-order chi connectivity index (χ0) is 13.2. The molecule has 0 aliphatic heterocycles. The van der Waals surface area contributed by atoms with Crippen LogP contribution in [-0.4, -0.2) is 25.7 Å². The molecule has 100 valence electrons. The summed E-state index contributed by atoms with van der Waals surface area (Å²) in [6.07, 6.45) is 2.12. The van der Waals surface area contributed by atoms with E-state index >= 15 is 0 Å². The first-order valence-corrected chi connectivity index (χ1v) is 6.41. The van der Waals surface area contributed by atoms with Gasteiger partial charge in [-0.25, -0.2) is 0 Å². The Morgan fingerprint density at radius 3 is 2.72 bits per heavy atom. The van der Waals surface area contributed by atoms with Crippen LogP contribution in [0.3, 0.4) is 0 Å². The van der Waals surface area contributed by atoms with Crippen LogP contribution in [0.1, 0.15) is 25.3 Å². The Balaban J connectivity index is 2.11. The molecule has 1 aromatic carbocycles. The van der Waals surface area contributed by atoms with Crippen molar-refractivity contribution in [3.05, 3.63) is 29.8 Å². The van der Waals surface area contributed by atoms with Crippen molar-refractivity contribution >= 4 is 11.6 Å². The number of amides is 1. The van der Waals surface area contributed by atoms with Gasteiger partial charge in [0.05, 0.1) is 0 Å². The first-order chi connectivity index (χ1) is 8.72. The lowest BCUT2D eigenvalue weighted by Gasteiger charge is -2.05. The number of carbonyl (C=O) groups is 1. The molecule has 0 heterocycles.